The van der Waals surface area contributed by atoms with Gasteiger partial charge in [0.25, 0.3) is 6.02 Å². The highest BCUT2D eigenvalue weighted by Gasteiger charge is 2.47. The predicted octanol–water partition coefficient (Wildman–Crippen LogP) is 3.44. The van der Waals surface area contributed by atoms with E-state index < -0.39 is 32.7 Å². The second-order valence-electron chi connectivity index (χ2n) is 9.29. The van der Waals surface area contributed by atoms with Crippen LogP contribution in [0.4, 0.5) is 4.39 Å². The predicted molar refractivity (Wildman–Crippen MR) is 126 cm³/mol. The number of nitrogens with one attached hydrogen (secondary N) is 2. The van der Waals surface area contributed by atoms with Crippen molar-refractivity contribution >= 4 is 16.0 Å². The summed E-state index contributed by atoms with van der Waals surface area (Å²) in [7, 11) is -3.78. The molecule has 1 aromatic heterocycles. The third kappa shape index (κ3) is 5.35. The van der Waals surface area contributed by atoms with E-state index in [-0.39, 0.29) is 12.4 Å². The fraction of sp³-hybridized carbons (Fsp3) is 0.500. The Bertz CT molecular complexity index is 1110. The first-order valence-corrected chi connectivity index (χ1v) is 12.9. The van der Waals surface area contributed by atoms with Crippen LogP contribution in [0.5, 0.6) is 0 Å². The summed E-state index contributed by atoms with van der Waals surface area (Å²) in [6.07, 6.45) is 4.15. The Kier molecular flexibility index (Phi) is 6.72. The molecule has 2 N–H and O–H groups in total. The number of aromatic nitrogens is 1. The summed E-state index contributed by atoms with van der Waals surface area (Å²) in [5.41, 5.74) is 1.22. The molecule has 0 saturated carbocycles. The molecular formula is C24H31FN4O3S. The van der Waals surface area contributed by atoms with Crippen LogP contribution in [0, 0.1) is 5.82 Å². The first-order valence-electron chi connectivity index (χ1n) is 11.3. The molecule has 0 radical (unpaired) electrons. The monoisotopic (exact) mass is 474 g/mol. The van der Waals surface area contributed by atoms with Crippen molar-refractivity contribution in [2.45, 2.75) is 62.8 Å². The van der Waals surface area contributed by atoms with Crippen LogP contribution >= 0.6 is 0 Å². The Balaban J connectivity index is 1.50. The van der Waals surface area contributed by atoms with Gasteiger partial charge in [-0.15, -0.1) is 0 Å². The number of hydrogen-bond acceptors (Lipinski definition) is 6. The van der Waals surface area contributed by atoms with Gasteiger partial charge in [-0.2, -0.15) is 0 Å². The van der Waals surface area contributed by atoms with Gasteiger partial charge in [0.15, 0.2) is 0 Å². The van der Waals surface area contributed by atoms with Crippen LogP contribution in [0.3, 0.4) is 0 Å². The summed E-state index contributed by atoms with van der Waals surface area (Å²) >= 11 is 0. The van der Waals surface area contributed by atoms with E-state index in [1.807, 2.05) is 12.1 Å². The number of sulfonamides is 1. The number of benzene rings is 1. The van der Waals surface area contributed by atoms with E-state index in [1.54, 1.807) is 45.2 Å². The quantitative estimate of drug-likeness (QED) is 0.693. The highest BCUT2D eigenvalue weighted by molar-refractivity contribution is 7.90. The van der Waals surface area contributed by atoms with Crippen molar-refractivity contribution in [1.29, 1.82) is 0 Å². The molecule has 178 valence electrons. The molecule has 2 fully saturated rings. The van der Waals surface area contributed by atoms with E-state index in [0.717, 1.165) is 37.2 Å². The Morgan fingerprint density at radius 3 is 2.58 bits per heavy atom. The molecule has 0 spiro atoms. The molecule has 9 heteroatoms. The minimum atomic E-state index is -3.78. The number of aliphatic imine (C=N–C) groups is 1. The van der Waals surface area contributed by atoms with Crippen molar-refractivity contribution in [2.24, 2.45) is 4.99 Å². The molecule has 2 saturated heterocycles. The van der Waals surface area contributed by atoms with Crippen LogP contribution in [0.15, 0.2) is 47.6 Å². The van der Waals surface area contributed by atoms with E-state index >= 15 is 0 Å². The Morgan fingerprint density at radius 1 is 1.21 bits per heavy atom. The third-order valence-corrected chi connectivity index (χ3v) is 8.37. The first kappa shape index (κ1) is 23.6. The van der Waals surface area contributed by atoms with Gasteiger partial charge in [-0.25, -0.2) is 22.5 Å². The number of pyridine rings is 1. The van der Waals surface area contributed by atoms with E-state index in [0.29, 0.717) is 11.5 Å². The summed E-state index contributed by atoms with van der Waals surface area (Å²) in [5.74, 6) is 0.0426. The lowest BCUT2D eigenvalue weighted by atomic mass is 9.93. The van der Waals surface area contributed by atoms with Crippen LogP contribution in [-0.4, -0.2) is 43.4 Å². The zero-order valence-electron chi connectivity index (χ0n) is 19.2. The first-order chi connectivity index (χ1) is 15.7. The largest absolute Gasteiger partial charge is 0.457 e. The zero-order valence-corrected chi connectivity index (χ0v) is 20.0. The number of ether oxygens (including phenoxy) is 1. The molecule has 2 aliphatic rings. The fourth-order valence-corrected chi connectivity index (χ4v) is 6.19. The molecule has 2 atom stereocenters. The highest BCUT2D eigenvalue weighted by atomic mass is 32.2. The van der Waals surface area contributed by atoms with Crippen LogP contribution in [-0.2, 0) is 21.2 Å². The number of halogens is 1. The van der Waals surface area contributed by atoms with Gasteiger partial charge in [0.05, 0.1) is 6.04 Å². The maximum absolute atomic E-state index is 14.1. The van der Waals surface area contributed by atoms with Crippen molar-refractivity contribution in [3.05, 3.63) is 65.2 Å². The Hall–Kier alpha value is -2.52. The van der Waals surface area contributed by atoms with Crippen LogP contribution < -0.4 is 10.0 Å². The van der Waals surface area contributed by atoms with Gasteiger partial charge >= 0.3 is 0 Å². The number of nitrogens with zero attached hydrogens (tertiary/aromatic N) is 2. The van der Waals surface area contributed by atoms with Gasteiger partial charge in [-0.1, -0.05) is 24.3 Å². The lowest BCUT2D eigenvalue weighted by Crippen LogP contribution is -2.59. The summed E-state index contributed by atoms with van der Waals surface area (Å²) in [5, 5.41) is 2.52. The fourth-order valence-electron chi connectivity index (χ4n) is 4.50. The molecule has 0 amide bonds. The summed E-state index contributed by atoms with van der Waals surface area (Å²) < 4.78 is 48.8. The number of rotatable bonds is 5. The summed E-state index contributed by atoms with van der Waals surface area (Å²) in [6.45, 7) is 7.14. The Morgan fingerprint density at radius 2 is 1.94 bits per heavy atom. The summed E-state index contributed by atoms with van der Waals surface area (Å²) in [6, 6.07) is 9.52. The smallest absolute Gasteiger partial charge is 0.299 e. The Labute approximate surface area is 194 Å². The third-order valence-electron chi connectivity index (χ3n) is 6.43. The maximum atomic E-state index is 14.1. The normalized spacial score (nSPS) is 24.6. The van der Waals surface area contributed by atoms with E-state index in [4.69, 9.17) is 4.74 Å². The van der Waals surface area contributed by atoms with Gasteiger partial charge in [0, 0.05) is 23.4 Å². The summed E-state index contributed by atoms with van der Waals surface area (Å²) in [4.78, 5) is 8.93. The second-order valence-corrected chi connectivity index (χ2v) is 11.2. The molecule has 4 rings (SSSR count). The van der Waals surface area contributed by atoms with Crippen molar-refractivity contribution in [1.82, 2.24) is 15.0 Å². The maximum Gasteiger partial charge on any atom is 0.299 e. The molecule has 0 aliphatic carbocycles. The number of piperidine rings is 1. The van der Waals surface area contributed by atoms with Gasteiger partial charge < -0.3 is 10.1 Å². The van der Waals surface area contributed by atoms with E-state index in [9.17, 15) is 12.8 Å². The lowest BCUT2D eigenvalue weighted by Gasteiger charge is -2.39. The van der Waals surface area contributed by atoms with Crippen LogP contribution in [0.2, 0.25) is 0 Å². The van der Waals surface area contributed by atoms with Crippen LogP contribution in [0.1, 0.15) is 62.4 Å². The minimum Gasteiger partial charge on any atom is -0.457 e. The molecule has 3 heterocycles. The average Bonchev–Trinajstić information content (AvgIpc) is 2.77. The SMILES string of the molecule is C[C@H](N=C1NS(=O)(=O)C(Cc2ccc(C3CCNCC3)nc2)C(C)(C)O1)c1ccccc1F. The van der Waals surface area contributed by atoms with Gasteiger partial charge in [-0.05, 0) is 70.8 Å². The standard InChI is InChI=1S/C24H31FN4O3S/c1-16(19-6-4-5-7-20(19)25)28-23-29-33(30,31)22(24(2,3)32-23)14-17-8-9-21(27-15-17)18-10-12-26-13-11-18/h4-9,15-16,18,22,26H,10-14H2,1-3H3,(H,28,29)/t16-,22?/m0/s1. The van der Waals surface area contributed by atoms with E-state index in [2.05, 4.69) is 20.0 Å². The zero-order chi connectivity index (χ0) is 23.6. The molecule has 1 unspecified atom stereocenters. The molecule has 7 nitrogen and oxygen atoms in total. The molecule has 2 aliphatic heterocycles. The van der Waals surface area contributed by atoms with Gasteiger partial charge in [0.2, 0.25) is 10.0 Å². The topological polar surface area (TPSA) is 92.7 Å². The number of hydrogen-bond donors (Lipinski definition) is 2. The molecular weight excluding hydrogens is 443 g/mol. The highest BCUT2D eigenvalue weighted by Crippen LogP contribution is 2.31. The molecule has 2 aromatic rings. The minimum absolute atomic E-state index is 0.119. The van der Waals surface area contributed by atoms with Crippen molar-refractivity contribution in [2.75, 3.05) is 13.1 Å². The molecule has 1 aromatic carbocycles. The van der Waals surface area contributed by atoms with Gasteiger partial charge in [0.1, 0.15) is 16.7 Å². The van der Waals surface area contributed by atoms with E-state index in [1.165, 1.54) is 6.07 Å². The second kappa shape index (κ2) is 9.38. The van der Waals surface area contributed by atoms with Crippen molar-refractivity contribution in [3.63, 3.8) is 0 Å². The van der Waals surface area contributed by atoms with Crippen molar-refractivity contribution in [3.8, 4) is 0 Å². The number of amidine groups is 1. The molecule has 0 bridgehead atoms. The molecule has 33 heavy (non-hydrogen) atoms. The average molecular weight is 475 g/mol. The van der Waals surface area contributed by atoms with Gasteiger partial charge in [-0.3, -0.25) is 4.98 Å². The van der Waals surface area contributed by atoms with Crippen molar-refractivity contribution < 1.29 is 17.5 Å². The van der Waals surface area contributed by atoms with Crippen LogP contribution in [0.25, 0.3) is 0 Å². The lowest BCUT2D eigenvalue weighted by molar-refractivity contribution is 0.0762.